The fraction of sp³-hybridized carbons (Fsp3) is 0.211. The zero-order valence-corrected chi connectivity index (χ0v) is 15.2. The smallest absolute Gasteiger partial charge is 0.248 e. The summed E-state index contributed by atoms with van der Waals surface area (Å²) >= 11 is 0. The number of allylic oxidation sites excluding steroid dienone is 1. The number of nitrogens with one attached hydrogen (secondary N) is 1. The fourth-order valence-corrected chi connectivity index (χ4v) is 3.22. The van der Waals surface area contributed by atoms with Gasteiger partial charge in [-0.05, 0) is 34.2 Å². The molecule has 1 aliphatic heterocycles. The summed E-state index contributed by atoms with van der Waals surface area (Å²) in [7, 11) is 4.78. The molecule has 0 amide bonds. The van der Waals surface area contributed by atoms with E-state index in [2.05, 4.69) is 26.9 Å². The first-order chi connectivity index (χ1) is 13.3. The number of hydrogen-bond acceptors (Lipinski definition) is 7. The predicted molar refractivity (Wildman–Crippen MR) is 100 cm³/mol. The lowest BCUT2D eigenvalue weighted by atomic mass is 10.00. The van der Waals surface area contributed by atoms with E-state index in [1.54, 1.807) is 26.0 Å². The van der Waals surface area contributed by atoms with Crippen LogP contribution in [0.25, 0.3) is 5.70 Å². The highest BCUT2D eigenvalue weighted by atomic mass is 16.5. The second-order valence-corrected chi connectivity index (χ2v) is 5.89. The first-order valence-corrected chi connectivity index (χ1v) is 8.37. The van der Waals surface area contributed by atoms with Crippen LogP contribution in [0.4, 0.5) is 5.95 Å². The maximum absolute atomic E-state index is 5.66. The lowest BCUT2D eigenvalue weighted by molar-refractivity contribution is 0.320. The molecule has 27 heavy (non-hydrogen) atoms. The van der Waals surface area contributed by atoms with Crippen LogP contribution in [0.15, 0.2) is 48.5 Å². The number of aromatic nitrogens is 4. The van der Waals surface area contributed by atoms with Crippen LogP contribution in [0.2, 0.25) is 0 Å². The lowest BCUT2D eigenvalue weighted by Crippen LogP contribution is -2.21. The van der Waals surface area contributed by atoms with Gasteiger partial charge in [0.05, 0.1) is 21.3 Å². The molecule has 0 spiro atoms. The van der Waals surface area contributed by atoms with E-state index >= 15 is 0 Å². The molecule has 0 radical (unpaired) electrons. The molecule has 2 aromatic carbocycles. The summed E-state index contributed by atoms with van der Waals surface area (Å²) in [6.07, 6.45) is 2.06. The van der Waals surface area contributed by atoms with Crippen LogP contribution in [0.1, 0.15) is 17.2 Å². The van der Waals surface area contributed by atoms with Crippen molar-refractivity contribution >= 4 is 11.6 Å². The largest absolute Gasteiger partial charge is 0.493 e. The van der Waals surface area contributed by atoms with E-state index in [4.69, 9.17) is 14.2 Å². The number of anilines is 1. The fourth-order valence-electron chi connectivity index (χ4n) is 3.22. The molecule has 2 heterocycles. The van der Waals surface area contributed by atoms with E-state index in [1.165, 1.54) is 0 Å². The molecule has 1 N–H and O–H groups in total. The molecule has 0 fully saturated rings. The quantitative estimate of drug-likeness (QED) is 0.744. The zero-order chi connectivity index (χ0) is 18.8. The van der Waals surface area contributed by atoms with Gasteiger partial charge in [-0.25, -0.2) is 0 Å². The number of benzene rings is 2. The number of ether oxygens (including phenoxy) is 3. The average Bonchev–Trinajstić information content (AvgIpc) is 3.21. The van der Waals surface area contributed by atoms with Crippen molar-refractivity contribution in [2.45, 2.75) is 6.04 Å². The Bertz CT molecular complexity index is 984. The SMILES string of the molecule is COc1ccc([C@@H]2C=C(c3ccccc3)Nc3nnnn32)c(OC)c1OC. The van der Waals surface area contributed by atoms with E-state index in [1.807, 2.05) is 42.5 Å². The van der Waals surface area contributed by atoms with Crippen molar-refractivity contribution in [3.8, 4) is 17.2 Å². The van der Waals surface area contributed by atoms with E-state index in [0.29, 0.717) is 23.2 Å². The molecule has 8 heteroatoms. The van der Waals surface area contributed by atoms with Crippen LogP contribution >= 0.6 is 0 Å². The van der Waals surface area contributed by atoms with Crippen molar-refractivity contribution in [2.24, 2.45) is 0 Å². The normalized spacial score (nSPS) is 15.4. The minimum atomic E-state index is -0.277. The molecule has 4 rings (SSSR count). The Labute approximate surface area is 156 Å². The second-order valence-electron chi connectivity index (χ2n) is 5.89. The van der Waals surface area contributed by atoms with Gasteiger partial charge in [0.25, 0.3) is 0 Å². The van der Waals surface area contributed by atoms with Gasteiger partial charge in [-0.3, -0.25) is 0 Å². The van der Waals surface area contributed by atoms with Crippen LogP contribution in [-0.4, -0.2) is 41.5 Å². The molecule has 0 bridgehead atoms. The third-order valence-corrected chi connectivity index (χ3v) is 4.47. The Hall–Kier alpha value is -3.55. The summed E-state index contributed by atoms with van der Waals surface area (Å²) < 4.78 is 18.3. The van der Waals surface area contributed by atoms with E-state index in [-0.39, 0.29) is 6.04 Å². The first kappa shape index (κ1) is 16.9. The van der Waals surface area contributed by atoms with Crippen molar-refractivity contribution in [3.63, 3.8) is 0 Å². The minimum Gasteiger partial charge on any atom is -0.493 e. The van der Waals surface area contributed by atoms with Gasteiger partial charge >= 0.3 is 0 Å². The molecule has 0 aliphatic carbocycles. The molecule has 0 saturated heterocycles. The standard InChI is InChI=1S/C19H19N5O3/c1-25-16-10-9-13(17(26-2)18(16)27-3)15-11-14(12-7-5-4-6-8-12)20-19-21-22-23-24(15)19/h4-11,15H,1-3H3,(H,20,21,23)/t15-/m0/s1. The summed E-state index contributed by atoms with van der Waals surface area (Å²) in [5, 5.41) is 15.3. The van der Waals surface area contributed by atoms with Crippen LogP contribution in [0.5, 0.6) is 17.2 Å². The summed E-state index contributed by atoms with van der Waals surface area (Å²) in [5.41, 5.74) is 2.81. The Balaban J connectivity index is 1.89. The number of fused-ring (bicyclic) bond motifs is 1. The predicted octanol–water partition coefficient (Wildman–Crippen LogP) is 2.75. The van der Waals surface area contributed by atoms with Gasteiger partial charge in [-0.2, -0.15) is 4.68 Å². The maximum Gasteiger partial charge on any atom is 0.248 e. The molecular weight excluding hydrogens is 346 g/mol. The topological polar surface area (TPSA) is 83.3 Å². The molecule has 0 saturated carbocycles. The van der Waals surface area contributed by atoms with Gasteiger partial charge < -0.3 is 19.5 Å². The molecule has 138 valence electrons. The lowest BCUT2D eigenvalue weighted by Gasteiger charge is -2.25. The molecule has 1 atom stereocenters. The Morgan fingerprint density at radius 2 is 1.70 bits per heavy atom. The first-order valence-electron chi connectivity index (χ1n) is 8.37. The summed E-state index contributed by atoms with van der Waals surface area (Å²) in [4.78, 5) is 0. The number of hydrogen-bond donors (Lipinski definition) is 1. The van der Waals surface area contributed by atoms with Crippen molar-refractivity contribution < 1.29 is 14.2 Å². The summed E-state index contributed by atoms with van der Waals surface area (Å²) in [6.45, 7) is 0. The van der Waals surface area contributed by atoms with Crippen molar-refractivity contribution in [2.75, 3.05) is 26.6 Å². The third-order valence-electron chi connectivity index (χ3n) is 4.47. The van der Waals surface area contributed by atoms with E-state index < -0.39 is 0 Å². The minimum absolute atomic E-state index is 0.277. The Kier molecular flexibility index (Phi) is 4.37. The molecule has 0 unspecified atom stereocenters. The summed E-state index contributed by atoms with van der Waals surface area (Å²) in [5.74, 6) is 2.25. The van der Waals surface area contributed by atoms with Crippen LogP contribution < -0.4 is 19.5 Å². The van der Waals surface area contributed by atoms with Gasteiger partial charge in [-0.1, -0.05) is 35.4 Å². The van der Waals surface area contributed by atoms with Crippen molar-refractivity contribution in [3.05, 3.63) is 59.7 Å². The number of nitrogens with zero attached hydrogens (tertiary/aromatic N) is 4. The highest BCUT2D eigenvalue weighted by Crippen LogP contribution is 2.44. The van der Waals surface area contributed by atoms with E-state index in [9.17, 15) is 0 Å². The third kappa shape index (κ3) is 2.84. The zero-order valence-electron chi connectivity index (χ0n) is 15.2. The van der Waals surface area contributed by atoms with E-state index in [0.717, 1.165) is 16.8 Å². The molecule has 1 aromatic heterocycles. The number of methoxy groups -OCH3 is 3. The van der Waals surface area contributed by atoms with Gasteiger partial charge in [0.2, 0.25) is 11.7 Å². The van der Waals surface area contributed by atoms with Gasteiger partial charge in [0.1, 0.15) is 6.04 Å². The second kappa shape index (κ2) is 6.99. The van der Waals surface area contributed by atoms with Crippen LogP contribution in [-0.2, 0) is 0 Å². The Morgan fingerprint density at radius 1 is 0.926 bits per heavy atom. The molecule has 1 aliphatic rings. The van der Waals surface area contributed by atoms with Crippen molar-refractivity contribution in [1.82, 2.24) is 20.2 Å². The molecule has 3 aromatic rings. The average molecular weight is 365 g/mol. The highest BCUT2D eigenvalue weighted by Gasteiger charge is 2.29. The Morgan fingerprint density at radius 3 is 2.41 bits per heavy atom. The maximum atomic E-state index is 5.66. The molecule has 8 nitrogen and oxygen atoms in total. The highest BCUT2D eigenvalue weighted by molar-refractivity contribution is 5.77. The molecular formula is C19H19N5O3. The monoisotopic (exact) mass is 365 g/mol. The van der Waals surface area contributed by atoms with Gasteiger partial charge in [0, 0.05) is 11.3 Å². The summed E-state index contributed by atoms with van der Waals surface area (Å²) in [6, 6.07) is 13.5. The van der Waals surface area contributed by atoms with Crippen LogP contribution in [0.3, 0.4) is 0 Å². The number of tetrazole rings is 1. The number of rotatable bonds is 5. The van der Waals surface area contributed by atoms with Gasteiger partial charge in [-0.15, -0.1) is 0 Å². The van der Waals surface area contributed by atoms with Crippen molar-refractivity contribution in [1.29, 1.82) is 0 Å². The van der Waals surface area contributed by atoms with Gasteiger partial charge in [0.15, 0.2) is 11.5 Å². The van der Waals surface area contributed by atoms with Crippen LogP contribution in [0, 0.1) is 0 Å².